The van der Waals surface area contributed by atoms with Crippen molar-refractivity contribution in [2.75, 3.05) is 0 Å². The molecule has 6 heteroatoms. The fourth-order valence-electron chi connectivity index (χ4n) is 1.07. The van der Waals surface area contributed by atoms with Gasteiger partial charge in [0.05, 0.1) is 40.2 Å². The van der Waals surface area contributed by atoms with Gasteiger partial charge in [-0.3, -0.25) is 4.21 Å². The third kappa shape index (κ3) is 2.66. The van der Waals surface area contributed by atoms with Gasteiger partial charge in [0.15, 0.2) is 0 Å². The van der Waals surface area contributed by atoms with Gasteiger partial charge in [-0.25, -0.2) is 4.39 Å². The molecule has 0 aliphatic heterocycles. The van der Waals surface area contributed by atoms with E-state index in [9.17, 15) is 8.60 Å². The minimum atomic E-state index is -1.26. The van der Waals surface area contributed by atoms with Gasteiger partial charge in [0, 0.05) is 4.90 Å². The van der Waals surface area contributed by atoms with Crippen LogP contribution in [0.15, 0.2) is 35.4 Å². The maximum atomic E-state index is 12.8. The second kappa shape index (κ2) is 4.59. The van der Waals surface area contributed by atoms with Crippen LogP contribution >= 0.6 is 11.7 Å². The predicted octanol–water partition coefficient (Wildman–Crippen LogP) is 1.99. The van der Waals surface area contributed by atoms with E-state index in [1.807, 2.05) is 0 Å². The van der Waals surface area contributed by atoms with E-state index in [0.717, 1.165) is 11.7 Å². The molecule has 0 spiro atoms. The normalized spacial score (nSPS) is 12.6. The van der Waals surface area contributed by atoms with Gasteiger partial charge in [-0.15, -0.1) is 0 Å². The van der Waals surface area contributed by atoms with Gasteiger partial charge in [-0.2, -0.15) is 8.75 Å². The van der Waals surface area contributed by atoms with E-state index in [4.69, 9.17) is 0 Å². The Morgan fingerprint density at radius 1 is 1.47 bits per heavy atom. The molecule has 1 heterocycles. The van der Waals surface area contributed by atoms with E-state index in [1.54, 1.807) is 18.3 Å². The zero-order valence-corrected chi connectivity index (χ0v) is 9.22. The zero-order chi connectivity index (χ0) is 10.7. The standard InChI is InChI=1S/C9H7FN2OS2/c10-7-2-1-3-9(4-7)15(13)6-8-5-11-14-12-8/h1-5H,6H2. The Balaban J connectivity index is 2.15. The van der Waals surface area contributed by atoms with Crippen molar-refractivity contribution in [2.45, 2.75) is 10.6 Å². The topological polar surface area (TPSA) is 42.9 Å². The summed E-state index contributed by atoms with van der Waals surface area (Å²) < 4.78 is 32.3. The molecule has 78 valence electrons. The molecule has 15 heavy (non-hydrogen) atoms. The lowest BCUT2D eigenvalue weighted by Crippen LogP contribution is -1.96. The Bertz CT molecular complexity index is 473. The summed E-state index contributed by atoms with van der Waals surface area (Å²) in [6.07, 6.45) is 1.57. The van der Waals surface area contributed by atoms with Gasteiger partial charge in [0.25, 0.3) is 0 Å². The smallest absolute Gasteiger partial charge is 0.124 e. The van der Waals surface area contributed by atoms with Crippen molar-refractivity contribution in [1.29, 1.82) is 0 Å². The summed E-state index contributed by atoms with van der Waals surface area (Å²) in [4.78, 5) is 0.475. The first-order chi connectivity index (χ1) is 7.25. The summed E-state index contributed by atoms with van der Waals surface area (Å²) in [5, 5.41) is 0. The second-order valence-electron chi connectivity index (χ2n) is 2.85. The Kier molecular flexibility index (Phi) is 3.17. The van der Waals surface area contributed by atoms with Crippen LogP contribution in [0, 0.1) is 5.82 Å². The molecule has 2 aromatic rings. The van der Waals surface area contributed by atoms with Crippen LogP contribution in [0.4, 0.5) is 4.39 Å². The van der Waals surface area contributed by atoms with E-state index in [1.165, 1.54) is 12.1 Å². The lowest BCUT2D eigenvalue weighted by atomic mass is 10.4. The van der Waals surface area contributed by atoms with E-state index in [2.05, 4.69) is 8.75 Å². The Morgan fingerprint density at radius 3 is 3.00 bits per heavy atom. The molecule has 0 aliphatic rings. The molecule has 2 rings (SSSR count). The lowest BCUT2D eigenvalue weighted by Gasteiger charge is -1.99. The average Bonchev–Trinajstić information content (AvgIpc) is 2.70. The van der Waals surface area contributed by atoms with Crippen LogP contribution in [0.25, 0.3) is 0 Å². The van der Waals surface area contributed by atoms with Crippen LogP contribution in [0.3, 0.4) is 0 Å². The molecule has 1 unspecified atom stereocenters. The van der Waals surface area contributed by atoms with Crippen molar-refractivity contribution in [3.8, 4) is 0 Å². The first-order valence-corrected chi connectivity index (χ1v) is 6.21. The number of hydrogen-bond acceptors (Lipinski definition) is 4. The molecular formula is C9H7FN2OS2. The highest BCUT2D eigenvalue weighted by atomic mass is 32.2. The maximum absolute atomic E-state index is 12.8. The molecule has 0 aliphatic carbocycles. The first-order valence-electron chi connectivity index (χ1n) is 4.16. The van der Waals surface area contributed by atoms with Crippen molar-refractivity contribution in [2.24, 2.45) is 0 Å². The van der Waals surface area contributed by atoms with Crippen LogP contribution in [0.2, 0.25) is 0 Å². The van der Waals surface area contributed by atoms with Gasteiger partial charge in [0.2, 0.25) is 0 Å². The molecule has 0 bridgehead atoms. The van der Waals surface area contributed by atoms with E-state index >= 15 is 0 Å². The lowest BCUT2D eigenvalue weighted by molar-refractivity contribution is 0.622. The van der Waals surface area contributed by atoms with Crippen molar-refractivity contribution < 1.29 is 8.60 Å². The SMILES string of the molecule is O=S(Cc1cnsn1)c1cccc(F)c1. The van der Waals surface area contributed by atoms with Gasteiger partial charge in [-0.05, 0) is 18.2 Å². The summed E-state index contributed by atoms with van der Waals surface area (Å²) >= 11 is 1.07. The molecule has 0 radical (unpaired) electrons. The van der Waals surface area contributed by atoms with Crippen LogP contribution < -0.4 is 0 Å². The largest absolute Gasteiger partial charge is 0.254 e. The summed E-state index contributed by atoms with van der Waals surface area (Å²) in [6, 6.07) is 5.78. The average molecular weight is 242 g/mol. The number of halogens is 1. The zero-order valence-electron chi connectivity index (χ0n) is 7.59. The molecule has 0 saturated heterocycles. The fourth-order valence-corrected chi connectivity index (χ4v) is 2.64. The fraction of sp³-hybridized carbons (Fsp3) is 0.111. The first kappa shape index (κ1) is 10.4. The van der Waals surface area contributed by atoms with Crippen molar-refractivity contribution >= 4 is 22.5 Å². The maximum Gasteiger partial charge on any atom is 0.124 e. The number of rotatable bonds is 3. The minimum absolute atomic E-state index is 0.278. The highest BCUT2D eigenvalue weighted by Crippen LogP contribution is 2.12. The molecule has 0 N–H and O–H groups in total. The number of nitrogens with zero attached hydrogens (tertiary/aromatic N) is 2. The number of benzene rings is 1. The molecule has 1 aromatic heterocycles. The van der Waals surface area contributed by atoms with E-state index < -0.39 is 10.8 Å². The second-order valence-corrected chi connectivity index (χ2v) is 4.85. The van der Waals surface area contributed by atoms with Crippen LogP contribution in [0.5, 0.6) is 0 Å². The highest BCUT2D eigenvalue weighted by Gasteiger charge is 2.07. The minimum Gasteiger partial charge on any atom is -0.254 e. The summed E-state index contributed by atoms with van der Waals surface area (Å²) in [6.45, 7) is 0. The molecule has 1 atom stereocenters. The van der Waals surface area contributed by atoms with Gasteiger partial charge in [0.1, 0.15) is 5.82 Å². The van der Waals surface area contributed by atoms with Crippen LogP contribution in [-0.4, -0.2) is 13.0 Å². The monoisotopic (exact) mass is 242 g/mol. The Morgan fingerprint density at radius 2 is 2.33 bits per heavy atom. The van der Waals surface area contributed by atoms with Gasteiger partial charge < -0.3 is 0 Å². The third-order valence-electron chi connectivity index (χ3n) is 1.74. The van der Waals surface area contributed by atoms with E-state index in [-0.39, 0.29) is 11.6 Å². The molecule has 0 amide bonds. The van der Waals surface area contributed by atoms with Crippen molar-refractivity contribution in [3.63, 3.8) is 0 Å². The van der Waals surface area contributed by atoms with Crippen LogP contribution in [0.1, 0.15) is 5.69 Å². The molecule has 0 saturated carbocycles. The van der Waals surface area contributed by atoms with E-state index in [0.29, 0.717) is 10.6 Å². The Labute approximate surface area is 92.8 Å². The van der Waals surface area contributed by atoms with Crippen molar-refractivity contribution in [3.05, 3.63) is 42.0 Å². The summed E-state index contributed by atoms with van der Waals surface area (Å²) in [5.74, 6) is -0.0998. The van der Waals surface area contributed by atoms with Crippen LogP contribution in [-0.2, 0) is 16.6 Å². The third-order valence-corrected chi connectivity index (χ3v) is 3.60. The molecule has 3 nitrogen and oxygen atoms in total. The molecule has 0 fully saturated rings. The molecule has 1 aromatic carbocycles. The predicted molar refractivity (Wildman–Crippen MR) is 56.4 cm³/mol. The molecular weight excluding hydrogens is 235 g/mol. The summed E-state index contributed by atoms with van der Waals surface area (Å²) in [5.41, 5.74) is 0.669. The number of hydrogen-bond donors (Lipinski definition) is 0. The highest BCUT2D eigenvalue weighted by molar-refractivity contribution is 7.84. The van der Waals surface area contributed by atoms with Crippen molar-refractivity contribution in [1.82, 2.24) is 8.75 Å². The summed E-state index contributed by atoms with van der Waals surface area (Å²) in [7, 11) is -1.26. The Hall–Kier alpha value is -1.14. The number of aromatic nitrogens is 2. The van der Waals surface area contributed by atoms with Gasteiger partial charge >= 0.3 is 0 Å². The van der Waals surface area contributed by atoms with Gasteiger partial charge in [-0.1, -0.05) is 6.07 Å². The quantitative estimate of drug-likeness (QED) is 0.826.